The number of hydrogen-bond acceptors (Lipinski definition) is 4. The molecule has 0 saturated carbocycles. The maximum absolute atomic E-state index is 4.74. The van der Waals surface area contributed by atoms with Crippen LogP contribution in [0, 0.1) is 6.92 Å². The molecule has 0 aromatic carbocycles. The zero-order chi connectivity index (χ0) is 15.2. The third-order valence-corrected chi connectivity index (χ3v) is 4.26. The minimum atomic E-state index is 0.578. The van der Waals surface area contributed by atoms with E-state index in [2.05, 4.69) is 55.2 Å². The fourth-order valence-electron chi connectivity index (χ4n) is 3.06. The van der Waals surface area contributed by atoms with Crippen LogP contribution in [0.4, 0.5) is 5.82 Å². The van der Waals surface area contributed by atoms with Gasteiger partial charge in [-0.2, -0.15) is 0 Å². The van der Waals surface area contributed by atoms with Gasteiger partial charge in [0, 0.05) is 31.9 Å². The molecule has 118 valence electrons. The van der Waals surface area contributed by atoms with E-state index in [1.165, 1.54) is 31.4 Å². The molecule has 1 aromatic heterocycles. The van der Waals surface area contributed by atoms with Crippen molar-refractivity contribution in [3.05, 3.63) is 23.4 Å². The Labute approximate surface area is 129 Å². The van der Waals surface area contributed by atoms with E-state index in [0.29, 0.717) is 6.04 Å². The summed E-state index contributed by atoms with van der Waals surface area (Å²) < 4.78 is 0. The second-order valence-corrected chi connectivity index (χ2v) is 6.32. The fraction of sp³-hybridized carbons (Fsp3) is 0.706. The van der Waals surface area contributed by atoms with Crippen molar-refractivity contribution < 1.29 is 0 Å². The van der Waals surface area contributed by atoms with E-state index in [1.807, 2.05) is 0 Å². The molecule has 0 amide bonds. The van der Waals surface area contributed by atoms with Crippen LogP contribution in [-0.4, -0.2) is 49.7 Å². The van der Waals surface area contributed by atoms with Crippen LogP contribution in [0.3, 0.4) is 0 Å². The van der Waals surface area contributed by atoms with Crippen molar-refractivity contribution in [3.8, 4) is 0 Å². The van der Waals surface area contributed by atoms with Gasteiger partial charge in [0.15, 0.2) is 0 Å². The normalized spacial score (nSPS) is 19.7. The highest BCUT2D eigenvalue weighted by Gasteiger charge is 2.22. The third-order valence-electron chi connectivity index (χ3n) is 4.26. The molecule has 0 spiro atoms. The maximum Gasteiger partial charge on any atom is 0.129 e. The SMILES string of the molecule is CCCNCc1cc(C)nc(N(C)C2CCCN(C)C2)c1. The predicted molar refractivity (Wildman–Crippen MR) is 89.9 cm³/mol. The predicted octanol–water partition coefficient (Wildman–Crippen LogP) is 2.42. The van der Waals surface area contributed by atoms with Crippen molar-refractivity contribution in [1.82, 2.24) is 15.2 Å². The molecular weight excluding hydrogens is 260 g/mol. The molecule has 2 rings (SSSR count). The lowest BCUT2D eigenvalue weighted by Gasteiger charge is -2.36. The van der Waals surface area contributed by atoms with Crippen LogP contribution in [0.15, 0.2) is 12.1 Å². The van der Waals surface area contributed by atoms with Crippen LogP contribution in [-0.2, 0) is 6.54 Å². The molecule has 0 aliphatic carbocycles. The Balaban J connectivity index is 2.07. The number of hydrogen-bond donors (Lipinski definition) is 1. The second-order valence-electron chi connectivity index (χ2n) is 6.32. The van der Waals surface area contributed by atoms with Crippen molar-refractivity contribution in [2.75, 3.05) is 38.6 Å². The molecule has 1 aliphatic heterocycles. The van der Waals surface area contributed by atoms with E-state index in [0.717, 1.165) is 31.1 Å². The van der Waals surface area contributed by atoms with E-state index < -0.39 is 0 Å². The molecule has 1 fully saturated rings. The average molecular weight is 290 g/mol. The topological polar surface area (TPSA) is 31.4 Å². The molecule has 1 unspecified atom stereocenters. The number of rotatable bonds is 6. The standard InChI is InChI=1S/C17H30N4/c1-5-8-18-12-15-10-14(2)19-17(11-15)21(4)16-7-6-9-20(3)13-16/h10-11,16,18H,5-9,12-13H2,1-4H3. The van der Waals surface area contributed by atoms with Crippen molar-refractivity contribution in [2.45, 2.75) is 45.7 Å². The van der Waals surface area contributed by atoms with Gasteiger partial charge in [0.2, 0.25) is 0 Å². The van der Waals surface area contributed by atoms with Gasteiger partial charge in [-0.15, -0.1) is 0 Å². The van der Waals surface area contributed by atoms with Gasteiger partial charge < -0.3 is 15.1 Å². The quantitative estimate of drug-likeness (QED) is 0.815. The zero-order valence-electron chi connectivity index (χ0n) is 14.0. The van der Waals surface area contributed by atoms with Crippen molar-refractivity contribution in [3.63, 3.8) is 0 Å². The van der Waals surface area contributed by atoms with Gasteiger partial charge in [0.1, 0.15) is 5.82 Å². The Bertz CT molecular complexity index is 446. The summed E-state index contributed by atoms with van der Waals surface area (Å²) in [5, 5.41) is 3.48. The van der Waals surface area contributed by atoms with Gasteiger partial charge in [-0.3, -0.25) is 0 Å². The Morgan fingerprint density at radius 1 is 1.43 bits per heavy atom. The largest absolute Gasteiger partial charge is 0.355 e. The molecular formula is C17H30N4. The van der Waals surface area contributed by atoms with Gasteiger partial charge in [0.05, 0.1) is 0 Å². The van der Waals surface area contributed by atoms with Crippen molar-refractivity contribution in [1.29, 1.82) is 0 Å². The fourth-order valence-corrected chi connectivity index (χ4v) is 3.06. The number of pyridine rings is 1. The molecule has 21 heavy (non-hydrogen) atoms. The van der Waals surface area contributed by atoms with E-state index in [9.17, 15) is 0 Å². The lowest BCUT2D eigenvalue weighted by Crippen LogP contribution is -2.45. The first-order chi connectivity index (χ1) is 10.1. The molecule has 4 nitrogen and oxygen atoms in total. The monoisotopic (exact) mass is 290 g/mol. The highest BCUT2D eigenvalue weighted by atomic mass is 15.2. The maximum atomic E-state index is 4.74. The van der Waals surface area contributed by atoms with E-state index in [-0.39, 0.29) is 0 Å². The van der Waals surface area contributed by atoms with Crippen LogP contribution in [0.5, 0.6) is 0 Å². The van der Waals surface area contributed by atoms with E-state index in [4.69, 9.17) is 4.98 Å². The molecule has 4 heteroatoms. The zero-order valence-corrected chi connectivity index (χ0v) is 14.0. The first kappa shape index (κ1) is 16.2. The first-order valence-electron chi connectivity index (χ1n) is 8.19. The average Bonchev–Trinajstić information content (AvgIpc) is 2.46. The summed E-state index contributed by atoms with van der Waals surface area (Å²) in [6.45, 7) is 8.65. The van der Waals surface area contributed by atoms with Gasteiger partial charge in [-0.05, 0) is 64.0 Å². The number of piperidine rings is 1. The molecule has 0 radical (unpaired) electrons. The van der Waals surface area contributed by atoms with Gasteiger partial charge in [0.25, 0.3) is 0 Å². The first-order valence-corrected chi connectivity index (χ1v) is 8.19. The van der Waals surface area contributed by atoms with E-state index in [1.54, 1.807) is 0 Å². The Morgan fingerprint density at radius 2 is 2.24 bits per heavy atom. The highest BCUT2D eigenvalue weighted by molar-refractivity contribution is 5.43. The second kappa shape index (κ2) is 7.76. The summed E-state index contributed by atoms with van der Waals surface area (Å²) in [4.78, 5) is 9.53. The Morgan fingerprint density at radius 3 is 2.95 bits per heavy atom. The van der Waals surface area contributed by atoms with Crippen molar-refractivity contribution in [2.24, 2.45) is 0 Å². The minimum Gasteiger partial charge on any atom is -0.355 e. The third kappa shape index (κ3) is 4.68. The van der Waals surface area contributed by atoms with Gasteiger partial charge in [-0.25, -0.2) is 4.98 Å². The number of nitrogens with one attached hydrogen (secondary N) is 1. The number of aryl methyl sites for hydroxylation is 1. The molecule has 2 heterocycles. The van der Waals surface area contributed by atoms with Crippen molar-refractivity contribution >= 4 is 5.82 Å². The molecule has 1 aliphatic rings. The lowest BCUT2D eigenvalue weighted by molar-refractivity contribution is 0.247. The smallest absolute Gasteiger partial charge is 0.129 e. The van der Waals surface area contributed by atoms with Crippen LogP contribution in [0.1, 0.15) is 37.4 Å². The number of anilines is 1. The summed E-state index contributed by atoms with van der Waals surface area (Å²) in [6, 6.07) is 5.01. The Hall–Kier alpha value is -1.13. The van der Waals surface area contributed by atoms with Crippen LogP contribution in [0.25, 0.3) is 0 Å². The van der Waals surface area contributed by atoms with Gasteiger partial charge in [-0.1, -0.05) is 6.92 Å². The number of aromatic nitrogens is 1. The summed E-state index contributed by atoms with van der Waals surface area (Å²) >= 11 is 0. The summed E-state index contributed by atoms with van der Waals surface area (Å²) in [5.74, 6) is 1.11. The highest BCUT2D eigenvalue weighted by Crippen LogP contribution is 2.21. The number of nitrogens with zero attached hydrogens (tertiary/aromatic N) is 3. The van der Waals surface area contributed by atoms with E-state index >= 15 is 0 Å². The summed E-state index contributed by atoms with van der Waals surface area (Å²) in [5.41, 5.74) is 2.44. The number of likely N-dealkylation sites (N-methyl/N-ethyl adjacent to an activating group) is 2. The van der Waals surface area contributed by atoms with Crippen LogP contribution < -0.4 is 10.2 Å². The summed E-state index contributed by atoms with van der Waals surface area (Å²) in [7, 11) is 4.40. The lowest BCUT2D eigenvalue weighted by atomic mass is 10.0. The molecule has 1 atom stereocenters. The molecule has 1 aromatic rings. The van der Waals surface area contributed by atoms with Gasteiger partial charge >= 0.3 is 0 Å². The molecule has 1 saturated heterocycles. The van der Waals surface area contributed by atoms with Crippen LogP contribution in [0.2, 0.25) is 0 Å². The minimum absolute atomic E-state index is 0.578. The molecule has 1 N–H and O–H groups in total. The Kier molecular flexibility index (Phi) is 6.00. The molecule has 0 bridgehead atoms. The number of likely N-dealkylation sites (tertiary alicyclic amines) is 1. The summed E-state index contributed by atoms with van der Waals surface area (Å²) in [6.07, 6.45) is 3.72. The van der Waals surface area contributed by atoms with Crippen LogP contribution >= 0.6 is 0 Å².